The van der Waals surface area contributed by atoms with Crippen LogP contribution in [0.25, 0.3) is 21.9 Å². The molecule has 0 unspecified atom stereocenters. The molecule has 0 radical (unpaired) electrons. The summed E-state index contributed by atoms with van der Waals surface area (Å²) in [6.45, 7) is 4.46. The molecule has 0 aliphatic carbocycles. The largest absolute Gasteiger partial charge is 0.361 e. The second-order valence-electron chi connectivity index (χ2n) is 6.50. The Morgan fingerprint density at radius 1 is 1.15 bits per heavy atom. The molecule has 0 bridgehead atoms. The van der Waals surface area contributed by atoms with E-state index in [1.165, 1.54) is 0 Å². The Morgan fingerprint density at radius 2 is 2.07 bits per heavy atom. The number of nitrogens with one attached hydrogen (secondary N) is 2. The number of hydrogen-bond donors (Lipinski definition) is 2. The van der Waals surface area contributed by atoms with Crippen molar-refractivity contribution in [3.63, 3.8) is 0 Å². The highest BCUT2D eigenvalue weighted by Gasteiger charge is 2.12. The molecular formula is C19H17N7O. The molecule has 0 spiro atoms. The van der Waals surface area contributed by atoms with Gasteiger partial charge < -0.3 is 9.84 Å². The van der Waals surface area contributed by atoms with Gasteiger partial charge in [0, 0.05) is 23.3 Å². The number of hydrogen-bond acceptors (Lipinski definition) is 6. The number of rotatable bonds is 4. The summed E-state index contributed by atoms with van der Waals surface area (Å²) in [5, 5.41) is 21.4. The molecule has 8 heteroatoms. The van der Waals surface area contributed by atoms with Crippen LogP contribution in [0.5, 0.6) is 0 Å². The summed E-state index contributed by atoms with van der Waals surface area (Å²) in [6.07, 6.45) is 1.74. The van der Waals surface area contributed by atoms with Crippen LogP contribution in [-0.2, 0) is 6.54 Å². The number of H-pyrrole nitrogens is 1. The highest BCUT2D eigenvalue weighted by atomic mass is 16.5. The van der Waals surface area contributed by atoms with E-state index in [0.717, 1.165) is 50.6 Å². The third-order valence-electron chi connectivity index (χ3n) is 4.52. The molecular weight excluding hydrogens is 342 g/mol. The van der Waals surface area contributed by atoms with Gasteiger partial charge in [-0.15, -0.1) is 0 Å². The zero-order valence-corrected chi connectivity index (χ0v) is 14.9. The molecule has 27 heavy (non-hydrogen) atoms. The monoisotopic (exact) mass is 359 g/mol. The number of aromatic nitrogens is 6. The van der Waals surface area contributed by atoms with Crippen molar-refractivity contribution in [3.8, 4) is 0 Å². The van der Waals surface area contributed by atoms with Crippen LogP contribution in [-0.4, -0.2) is 30.1 Å². The molecule has 0 saturated carbocycles. The fraction of sp³-hybridized carbons (Fsp3) is 0.158. The summed E-state index contributed by atoms with van der Waals surface area (Å²) in [7, 11) is 0. The van der Waals surface area contributed by atoms with Gasteiger partial charge in [-0.3, -0.25) is 9.78 Å². The minimum atomic E-state index is 0.574. The lowest BCUT2D eigenvalue weighted by Gasteiger charge is -2.05. The Labute approximate surface area is 154 Å². The maximum absolute atomic E-state index is 5.15. The lowest BCUT2D eigenvalue weighted by molar-refractivity contribution is 0.388. The Bertz CT molecular complexity index is 1260. The van der Waals surface area contributed by atoms with Gasteiger partial charge in [0.25, 0.3) is 0 Å². The Morgan fingerprint density at radius 3 is 2.93 bits per heavy atom. The van der Waals surface area contributed by atoms with Crippen LogP contribution in [0.3, 0.4) is 0 Å². The van der Waals surface area contributed by atoms with E-state index < -0.39 is 0 Å². The zero-order chi connectivity index (χ0) is 18.4. The number of aromatic amines is 1. The number of fused-ring (bicyclic) bond motifs is 2. The Balaban J connectivity index is 1.49. The normalized spacial score (nSPS) is 11.5. The zero-order valence-electron chi connectivity index (χ0n) is 14.9. The number of aryl methyl sites for hydroxylation is 2. The minimum absolute atomic E-state index is 0.574. The van der Waals surface area contributed by atoms with Crippen LogP contribution in [0.4, 0.5) is 11.5 Å². The second kappa shape index (κ2) is 5.94. The number of anilines is 2. The maximum Gasteiger partial charge on any atom is 0.161 e. The molecule has 0 aliphatic rings. The summed E-state index contributed by atoms with van der Waals surface area (Å²) in [4.78, 5) is 4.27. The van der Waals surface area contributed by atoms with Gasteiger partial charge in [0.2, 0.25) is 0 Å². The highest BCUT2D eigenvalue weighted by molar-refractivity contribution is 5.91. The fourth-order valence-corrected chi connectivity index (χ4v) is 3.27. The third kappa shape index (κ3) is 2.71. The number of benzene rings is 1. The summed E-state index contributed by atoms with van der Waals surface area (Å²) in [5.74, 6) is 1.55. The molecule has 2 N–H and O–H groups in total. The van der Waals surface area contributed by atoms with Gasteiger partial charge in [0.15, 0.2) is 11.5 Å². The van der Waals surface area contributed by atoms with E-state index in [4.69, 9.17) is 4.52 Å². The highest BCUT2D eigenvalue weighted by Crippen LogP contribution is 2.27. The van der Waals surface area contributed by atoms with Crippen LogP contribution in [0.1, 0.15) is 17.1 Å². The van der Waals surface area contributed by atoms with Gasteiger partial charge in [0.05, 0.1) is 23.1 Å². The van der Waals surface area contributed by atoms with E-state index in [-0.39, 0.29) is 0 Å². The van der Waals surface area contributed by atoms with Gasteiger partial charge >= 0.3 is 0 Å². The third-order valence-corrected chi connectivity index (χ3v) is 4.52. The summed E-state index contributed by atoms with van der Waals surface area (Å²) >= 11 is 0. The molecule has 1 aromatic carbocycles. The van der Waals surface area contributed by atoms with Gasteiger partial charge in [0.1, 0.15) is 11.5 Å². The number of pyridine rings is 1. The number of nitrogens with zero attached hydrogens (tertiary/aromatic N) is 5. The van der Waals surface area contributed by atoms with Crippen molar-refractivity contribution in [1.82, 2.24) is 30.1 Å². The van der Waals surface area contributed by atoms with Gasteiger partial charge in [-0.2, -0.15) is 10.2 Å². The van der Waals surface area contributed by atoms with E-state index in [9.17, 15) is 0 Å². The molecule has 4 heterocycles. The fourth-order valence-electron chi connectivity index (χ4n) is 3.27. The van der Waals surface area contributed by atoms with E-state index >= 15 is 0 Å². The van der Waals surface area contributed by atoms with Crippen molar-refractivity contribution in [2.75, 3.05) is 5.32 Å². The van der Waals surface area contributed by atoms with E-state index in [2.05, 4.69) is 42.9 Å². The van der Waals surface area contributed by atoms with Gasteiger partial charge in [-0.25, -0.2) is 4.98 Å². The molecule has 0 amide bonds. The molecule has 5 rings (SSSR count). The molecule has 0 aliphatic heterocycles. The second-order valence-corrected chi connectivity index (χ2v) is 6.50. The van der Waals surface area contributed by atoms with E-state index in [1.807, 2.05) is 42.8 Å². The summed E-state index contributed by atoms with van der Waals surface area (Å²) < 4.78 is 7.10. The van der Waals surface area contributed by atoms with Crippen LogP contribution < -0.4 is 5.32 Å². The first-order valence-electron chi connectivity index (χ1n) is 8.63. The van der Waals surface area contributed by atoms with E-state index in [1.54, 1.807) is 6.20 Å². The van der Waals surface area contributed by atoms with Gasteiger partial charge in [-0.05, 0) is 44.2 Å². The molecule has 8 nitrogen and oxygen atoms in total. The standard InChI is InChI=1S/C19H17N7O/c1-11-8-14(25-27-11)10-26-17-6-5-13(9-16(17)12(2)24-26)21-19-15-4-3-7-20-18(15)22-23-19/h3-9H,10H2,1-2H3,(H2,20,21,22,23). The average molecular weight is 359 g/mol. The molecule has 0 atom stereocenters. The first-order valence-corrected chi connectivity index (χ1v) is 8.63. The molecule has 5 aromatic rings. The molecule has 4 aromatic heterocycles. The van der Waals surface area contributed by atoms with Crippen molar-refractivity contribution in [3.05, 3.63) is 59.7 Å². The molecule has 0 fully saturated rings. The quantitative estimate of drug-likeness (QED) is 0.508. The van der Waals surface area contributed by atoms with Crippen molar-refractivity contribution < 1.29 is 4.52 Å². The van der Waals surface area contributed by atoms with Crippen molar-refractivity contribution in [2.45, 2.75) is 20.4 Å². The molecule has 134 valence electrons. The van der Waals surface area contributed by atoms with Crippen LogP contribution >= 0.6 is 0 Å². The minimum Gasteiger partial charge on any atom is -0.361 e. The van der Waals surface area contributed by atoms with Crippen LogP contribution in [0, 0.1) is 13.8 Å². The predicted octanol–water partition coefficient (Wildman–Crippen LogP) is 3.70. The summed E-state index contributed by atoms with van der Waals surface area (Å²) in [6, 6.07) is 12.0. The van der Waals surface area contributed by atoms with Crippen molar-refractivity contribution in [2.24, 2.45) is 0 Å². The Hall–Kier alpha value is -3.68. The average Bonchev–Trinajstić information content (AvgIpc) is 3.35. The van der Waals surface area contributed by atoms with Crippen LogP contribution in [0.15, 0.2) is 47.1 Å². The maximum atomic E-state index is 5.15. The van der Waals surface area contributed by atoms with E-state index in [0.29, 0.717) is 6.54 Å². The van der Waals surface area contributed by atoms with Crippen LogP contribution in [0.2, 0.25) is 0 Å². The smallest absolute Gasteiger partial charge is 0.161 e. The Kier molecular flexibility index (Phi) is 3.43. The molecule has 0 saturated heterocycles. The summed E-state index contributed by atoms with van der Waals surface area (Å²) in [5.41, 5.74) is 4.57. The topological polar surface area (TPSA) is 97.5 Å². The lowest BCUT2D eigenvalue weighted by atomic mass is 10.2. The lowest BCUT2D eigenvalue weighted by Crippen LogP contribution is -2.02. The first kappa shape index (κ1) is 15.6. The first-order chi connectivity index (χ1) is 13.2. The SMILES string of the molecule is Cc1cc(Cn2nc(C)c3cc(Nc4n[nH]c5ncccc45)ccc32)no1. The van der Waals surface area contributed by atoms with Gasteiger partial charge in [-0.1, -0.05) is 5.16 Å². The van der Waals surface area contributed by atoms with Crippen molar-refractivity contribution >= 4 is 33.4 Å². The predicted molar refractivity (Wildman–Crippen MR) is 102 cm³/mol. The van der Waals surface area contributed by atoms with Crippen molar-refractivity contribution in [1.29, 1.82) is 0 Å².